The molecule has 1 atom stereocenters. The summed E-state index contributed by atoms with van der Waals surface area (Å²) in [4.78, 5) is 1.89. The summed E-state index contributed by atoms with van der Waals surface area (Å²) in [7, 11) is 0. The zero-order chi connectivity index (χ0) is 17.7. The lowest BCUT2D eigenvalue weighted by Gasteiger charge is -2.35. The highest BCUT2D eigenvalue weighted by Crippen LogP contribution is 2.35. The van der Waals surface area contributed by atoms with Gasteiger partial charge in [0, 0.05) is 32.2 Å². The highest BCUT2D eigenvalue weighted by atomic mass is 35.5. The maximum atomic E-state index is 13.1. The van der Waals surface area contributed by atoms with E-state index in [1.807, 2.05) is 35.2 Å². The number of para-hydroxylation sites is 1. The molecule has 7 heteroatoms. The van der Waals surface area contributed by atoms with Crippen molar-refractivity contribution >= 4 is 12.4 Å². The van der Waals surface area contributed by atoms with Crippen LogP contribution < -0.4 is 10.1 Å². The summed E-state index contributed by atoms with van der Waals surface area (Å²) in [5, 5.41) is 3.18. The monoisotopic (exact) mass is 386 g/mol. The van der Waals surface area contributed by atoms with Gasteiger partial charge < -0.3 is 10.1 Å². The Hall–Kier alpha value is -1.76. The van der Waals surface area contributed by atoms with Crippen molar-refractivity contribution in [3.63, 3.8) is 0 Å². The Kier molecular flexibility index (Phi) is 7.32. The third-order valence-electron chi connectivity index (χ3n) is 4.24. The van der Waals surface area contributed by atoms with E-state index in [9.17, 15) is 13.2 Å². The zero-order valence-corrected chi connectivity index (χ0v) is 15.0. The second-order valence-corrected chi connectivity index (χ2v) is 6.11. The first-order valence-electron chi connectivity index (χ1n) is 8.36. The summed E-state index contributed by atoms with van der Waals surface area (Å²) < 4.78 is 45.1. The van der Waals surface area contributed by atoms with Gasteiger partial charge >= 0.3 is 6.18 Å². The number of hydrogen-bond donors (Lipinski definition) is 1. The van der Waals surface area contributed by atoms with Crippen molar-refractivity contribution in [2.75, 3.05) is 26.2 Å². The molecule has 1 N–H and O–H groups in total. The fourth-order valence-electron chi connectivity index (χ4n) is 3.08. The van der Waals surface area contributed by atoms with Crippen LogP contribution in [0.4, 0.5) is 13.2 Å². The van der Waals surface area contributed by atoms with E-state index in [1.165, 1.54) is 0 Å². The molecular formula is C19H22ClF3N2O. The standard InChI is InChI=1S/C19H21F3N2O.ClH/c20-19(21,22)14-18(24-11-9-23-10-12-24)15-5-4-8-17(13-15)25-16-6-2-1-3-7-16;/h1-8,13,18,23H,9-12,14H2;1H/t18-;/m1./s1. The zero-order valence-electron chi connectivity index (χ0n) is 14.2. The second-order valence-electron chi connectivity index (χ2n) is 6.11. The molecule has 2 aromatic carbocycles. The van der Waals surface area contributed by atoms with Gasteiger partial charge in [0.1, 0.15) is 11.5 Å². The molecule has 3 rings (SSSR count). The van der Waals surface area contributed by atoms with Crippen molar-refractivity contribution in [2.45, 2.75) is 18.6 Å². The van der Waals surface area contributed by atoms with Gasteiger partial charge in [-0.1, -0.05) is 30.3 Å². The molecule has 0 unspecified atom stereocenters. The molecular weight excluding hydrogens is 365 g/mol. The van der Waals surface area contributed by atoms with Crippen LogP contribution in [0.1, 0.15) is 18.0 Å². The van der Waals surface area contributed by atoms with Gasteiger partial charge in [0.05, 0.1) is 6.42 Å². The number of rotatable bonds is 5. The van der Waals surface area contributed by atoms with Crippen LogP contribution >= 0.6 is 12.4 Å². The van der Waals surface area contributed by atoms with Gasteiger partial charge in [-0.3, -0.25) is 4.90 Å². The third kappa shape index (κ3) is 5.90. The quantitative estimate of drug-likeness (QED) is 0.798. The first-order chi connectivity index (χ1) is 12.0. The predicted octanol–water partition coefficient (Wildman–Crippen LogP) is 4.80. The number of alkyl halides is 3. The molecule has 0 amide bonds. The minimum Gasteiger partial charge on any atom is -0.457 e. The Morgan fingerprint density at radius 3 is 2.27 bits per heavy atom. The highest BCUT2D eigenvalue weighted by Gasteiger charge is 2.36. The topological polar surface area (TPSA) is 24.5 Å². The average molecular weight is 387 g/mol. The second kappa shape index (κ2) is 9.26. The number of nitrogens with one attached hydrogen (secondary N) is 1. The first kappa shape index (κ1) is 20.6. The van der Waals surface area contributed by atoms with Crippen LogP contribution in [0.3, 0.4) is 0 Å². The lowest BCUT2D eigenvalue weighted by Crippen LogP contribution is -2.46. The van der Waals surface area contributed by atoms with E-state index in [0.717, 1.165) is 0 Å². The minimum atomic E-state index is -4.22. The molecule has 1 aliphatic heterocycles. The molecule has 1 fully saturated rings. The van der Waals surface area contributed by atoms with Crippen molar-refractivity contribution in [2.24, 2.45) is 0 Å². The van der Waals surface area contributed by atoms with Crippen molar-refractivity contribution in [3.8, 4) is 11.5 Å². The molecule has 1 saturated heterocycles. The van der Waals surface area contributed by atoms with E-state index in [-0.39, 0.29) is 12.4 Å². The van der Waals surface area contributed by atoms with Crippen LogP contribution in [0.15, 0.2) is 54.6 Å². The maximum absolute atomic E-state index is 13.1. The van der Waals surface area contributed by atoms with Crippen LogP contribution in [-0.2, 0) is 0 Å². The van der Waals surface area contributed by atoms with Gasteiger partial charge in [-0.2, -0.15) is 13.2 Å². The van der Waals surface area contributed by atoms with Gasteiger partial charge in [0.25, 0.3) is 0 Å². The van der Waals surface area contributed by atoms with Crippen LogP contribution in [0.2, 0.25) is 0 Å². The van der Waals surface area contributed by atoms with Crippen molar-refractivity contribution < 1.29 is 17.9 Å². The van der Waals surface area contributed by atoms with Crippen molar-refractivity contribution in [1.29, 1.82) is 0 Å². The van der Waals surface area contributed by atoms with E-state index >= 15 is 0 Å². The Morgan fingerprint density at radius 1 is 0.962 bits per heavy atom. The fraction of sp³-hybridized carbons (Fsp3) is 0.368. The molecule has 0 aromatic heterocycles. The molecule has 3 nitrogen and oxygen atoms in total. The Balaban J connectivity index is 0.00000243. The summed E-state index contributed by atoms with van der Waals surface area (Å²) in [6.07, 6.45) is -5.08. The van der Waals surface area contributed by atoms with Gasteiger partial charge in [0.2, 0.25) is 0 Å². The molecule has 0 saturated carbocycles. The van der Waals surface area contributed by atoms with Crippen molar-refractivity contribution in [1.82, 2.24) is 10.2 Å². The average Bonchev–Trinajstić information content (AvgIpc) is 2.61. The summed E-state index contributed by atoms with van der Waals surface area (Å²) in [6.45, 7) is 2.61. The molecule has 0 bridgehead atoms. The number of ether oxygens (including phenoxy) is 1. The molecule has 2 aromatic rings. The Labute approximate surface area is 157 Å². The lowest BCUT2D eigenvalue weighted by molar-refractivity contribution is -0.148. The van der Waals surface area contributed by atoms with E-state index in [4.69, 9.17) is 4.74 Å². The summed E-state index contributed by atoms with van der Waals surface area (Å²) in [5.74, 6) is 1.21. The minimum absolute atomic E-state index is 0. The number of benzene rings is 2. The SMILES string of the molecule is Cl.FC(F)(F)C[C@H](c1cccc(Oc2ccccc2)c1)N1CCNCC1. The Morgan fingerprint density at radius 2 is 1.62 bits per heavy atom. The van der Waals surface area contributed by atoms with E-state index in [1.54, 1.807) is 24.3 Å². The number of nitrogens with zero attached hydrogens (tertiary/aromatic N) is 1. The van der Waals surface area contributed by atoms with Crippen LogP contribution in [0.25, 0.3) is 0 Å². The molecule has 1 aliphatic rings. The molecule has 26 heavy (non-hydrogen) atoms. The summed E-state index contributed by atoms with van der Waals surface area (Å²) >= 11 is 0. The van der Waals surface area contributed by atoms with Gasteiger partial charge in [0.15, 0.2) is 0 Å². The Bertz CT molecular complexity index is 676. The van der Waals surface area contributed by atoms with E-state index < -0.39 is 18.6 Å². The number of piperazine rings is 1. The van der Waals surface area contributed by atoms with Crippen LogP contribution in [0, 0.1) is 0 Å². The van der Waals surface area contributed by atoms with E-state index in [2.05, 4.69) is 5.32 Å². The fourth-order valence-corrected chi connectivity index (χ4v) is 3.08. The van der Waals surface area contributed by atoms with Gasteiger partial charge in [-0.15, -0.1) is 12.4 Å². The normalized spacial score (nSPS) is 16.6. The van der Waals surface area contributed by atoms with Crippen LogP contribution in [-0.4, -0.2) is 37.3 Å². The molecule has 0 aliphatic carbocycles. The highest BCUT2D eigenvalue weighted by molar-refractivity contribution is 5.85. The smallest absolute Gasteiger partial charge is 0.390 e. The summed E-state index contributed by atoms with van der Waals surface area (Å²) in [5.41, 5.74) is 0.632. The van der Waals surface area contributed by atoms with Gasteiger partial charge in [-0.25, -0.2) is 0 Å². The van der Waals surface area contributed by atoms with Crippen molar-refractivity contribution in [3.05, 3.63) is 60.2 Å². The summed E-state index contributed by atoms with van der Waals surface area (Å²) in [6, 6.07) is 15.5. The number of hydrogen-bond acceptors (Lipinski definition) is 3. The lowest BCUT2D eigenvalue weighted by atomic mass is 10.0. The predicted molar refractivity (Wildman–Crippen MR) is 98.1 cm³/mol. The van der Waals surface area contributed by atoms with Gasteiger partial charge in [-0.05, 0) is 29.8 Å². The third-order valence-corrected chi connectivity index (χ3v) is 4.24. The molecule has 142 valence electrons. The van der Waals surface area contributed by atoms with Crippen LogP contribution in [0.5, 0.6) is 11.5 Å². The first-order valence-corrected chi connectivity index (χ1v) is 8.36. The van der Waals surface area contributed by atoms with E-state index in [0.29, 0.717) is 43.2 Å². The number of halogens is 4. The largest absolute Gasteiger partial charge is 0.457 e. The molecule has 1 heterocycles. The molecule has 0 radical (unpaired) electrons. The maximum Gasteiger partial charge on any atom is 0.390 e. The molecule has 0 spiro atoms.